The molecule has 1 amide bonds. The summed E-state index contributed by atoms with van der Waals surface area (Å²) in [7, 11) is 0. The first-order valence-electron chi connectivity index (χ1n) is 6.67. The van der Waals surface area contributed by atoms with Crippen LogP contribution in [0.25, 0.3) is 0 Å². The number of hydrogen-bond donors (Lipinski definition) is 1. The Morgan fingerprint density at radius 2 is 1.95 bits per heavy atom. The van der Waals surface area contributed by atoms with Crippen LogP contribution in [0.15, 0.2) is 29.3 Å². The maximum atomic E-state index is 13.7. The number of benzene rings is 1. The second-order valence-corrected chi connectivity index (χ2v) is 6.89. The Bertz CT molecular complexity index is 559. The minimum atomic E-state index is -0.506. The molecule has 1 heterocycles. The maximum absolute atomic E-state index is 13.7. The van der Waals surface area contributed by atoms with Crippen molar-refractivity contribution in [1.82, 2.24) is 5.32 Å². The summed E-state index contributed by atoms with van der Waals surface area (Å²) >= 11 is 1.42. The SMILES string of the molecule is CC(C)[C@@]1(C)SC(=N[C@@H](C)c2ccccc2F)NC1=O. The average Bonchev–Trinajstić information content (AvgIpc) is 2.66. The molecule has 1 aliphatic rings. The number of nitrogens with one attached hydrogen (secondary N) is 1. The van der Waals surface area contributed by atoms with Crippen molar-refractivity contribution in [3.8, 4) is 0 Å². The first-order valence-corrected chi connectivity index (χ1v) is 7.49. The van der Waals surface area contributed by atoms with Gasteiger partial charge in [-0.1, -0.05) is 43.8 Å². The number of amidine groups is 1. The van der Waals surface area contributed by atoms with Gasteiger partial charge in [0.15, 0.2) is 5.17 Å². The predicted octanol–water partition coefficient (Wildman–Crippen LogP) is 3.52. The first-order chi connectivity index (χ1) is 9.34. The van der Waals surface area contributed by atoms with Gasteiger partial charge in [0.2, 0.25) is 5.91 Å². The summed E-state index contributed by atoms with van der Waals surface area (Å²) in [6, 6.07) is 6.25. The topological polar surface area (TPSA) is 41.5 Å². The molecular formula is C15H19FN2OS. The van der Waals surface area contributed by atoms with Crippen molar-refractivity contribution >= 4 is 22.8 Å². The summed E-state index contributed by atoms with van der Waals surface area (Å²) in [6.45, 7) is 7.75. The Morgan fingerprint density at radius 1 is 1.30 bits per heavy atom. The van der Waals surface area contributed by atoms with Crippen LogP contribution in [-0.2, 0) is 4.79 Å². The summed E-state index contributed by atoms with van der Waals surface area (Å²) in [5.74, 6) is -0.105. The lowest BCUT2D eigenvalue weighted by Gasteiger charge is -2.22. The van der Waals surface area contributed by atoms with Crippen LogP contribution >= 0.6 is 11.8 Å². The van der Waals surface area contributed by atoms with Crippen LogP contribution in [0.4, 0.5) is 4.39 Å². The summed E-state index contributed by atoms with van der Waals surface area (Å²) in [4.78, 5) is 16.5. The van der Waals surface area contributed by atoms with Crippen LogP contribution < -0.4 is 5.32 Å². The van der Waals surface area contributed by atoms with E-state index in [0.29, 0.717) is 10.7 Å². The van der Waals surface area contributed by atoms with Crippen LogP contribution in [0, 0.1) is 11.7 Å². The van der Waals surface area contributed by atoms with Gasteiger partial charge in [0.25, 0.3) is 0 Å². The van der Waals surface area contributed by atoms with E-state index in [1.807, 2.05) is 27.7 Å². The molecule has 1 aromatic rings. The van der Waals surface area contributed by atoms with Gasteiger partial charge in [0, 0.05) is 5.56 Å². The number of hydrogen-bond acceptors (Lipinski definition) is 3. The summed E-state index contributed by atoms with van der Waals surface area (Å²) in [5.41, 5.74) is 0.535. The largest absolute Gasteiger partial charge is 0.304 e. The molecule has 1 N–H and O–H groups in total. The third kappa shape index (κ3) is 2.73. The van der Waals surface area contributed by atoms with Gasteiger partial charge < -0.3 is 5.32 Å². The summed E-state index contributed by atoms with van der Waals surface area (Å²) in [6.07, 6.45) is 0. The summed E-state index contributed by atoms with van der Waals surface area (Å²) < 4.78 is 13.2. The molecular weight excluding hydrogens is 275 g/mol. The van der Waals surface area contributed by atoms with Crippen LogP contribution in [0.2, 0.25) is 0 Å². The molecule has 3 nitrogen and oxygen atoms in total. The smallest absolute Gasteiger partial charge is 0.242 e. The minimum Gasteiger partial charge on any atom is -0.304 e. The number of carbonyl (C=O) groups is 1. The second-order valence-electron chi connectivity index (χ2n) is 5.45. The highest BCUT2D eigenvalue weighted by Gasteiger charge is 2.45. The molecule has 0 spiro atoms. The molecule has 20 heavy (non-hydrogen) atoms. The number of amides is 1. The van der Waals surface area contributed by atoms with E-state index < -0.39 is 4.75 Å². The maximum Gasteiger partial charge on any atom is 0.242 e. The monoisotopic (exact) mass is 294 g/mol. The standard InChI is InChI=1S/C15H19FN2OS/c1-9(2)15(4)13(19)18-14(20-15)17-10(3)11-7-5-6-8-12(11)16/h5-10H,1-4H3,(H,17,18,19)/t10-,15+/m0/s1. The Labute approximate surface area is 123 Å². The third-order valence-electron chi connectivity index (χ3n) is 3.75. The first kappa shape index (κ1) is 15.0. The lowest BCUT2D eigenvalue weighted by Crippen LogP contribution is -2.38. The molecule has 0 aliphatic carbocycles. The van der Waals surface area contributed by atoms with Gasteiger partial charge in [-0.15, -0.1) is 0 Å². The van der Waals surface area contributed by atoms with E-state index in [9.17, 15) is 9.18 Å². The van der Waals surface area contributed by atoms with Gasteiger partial charge in [0.05, 0.1) is 6.04 Å². The average molecular weight is 294 g/mol. The van der Waals surface area contributed by atoms with Crippen molar-refractivity contribution < 1.29 is 9.18 Å². The number of nitrogens with zero attached hydrogens (tertiary/aromatic N) is 1. The molecule has 0 radical (unpaired) electrons. The Kier molecular flexibility index (Phi) is 4.18. The zero-order valence-electron chi connectivity index (χ0n) is 12.1. The number of carbonyl (C=O) groups excluding carboxylic acids is 1. The fraction of sp³-hybridized carbons (Fsp3) is 0.467. The van der Waals surface area contributed by atoms with E-state index >= 15 is 0 Å². The number of thioether (sulfide) groups is 1. The number of rotatable bonds is 3. The van der Waals surface area contributed by atoms with E-state index in [-0.39, 0.29) is 23.7 Å². The lowest BCUT2D eigenvalue weighted by molar-refractivity contribution is -0.122. The van der Waals surface area contributed by atoms with Crippen molar-refractivity contribution in [2.75, 3.05) is 0 Å². The molecule has 1 fully saturated rings. The quantitative estimate of drug-likeness (QED) is 0.926. The van der Waals surface area contributed by atoms with Crippen molar-refractivity contribution in [2.24, 2.45) is 10.9 Å². The van der Waals surface area contributed by atoms with Gasteiger partial charge >= 0.3 is 0 Å². The van der Waals surface area contributed by atoms with Crippen molar-refractivity contribution in [1.29, 1.82) is 0 Å². The molecule has 1 aliphatic heterocycles. The normalized spacial score (nSPS) is 26.1. The van der Waals surface area contributed by atoms with E-state index in [4.69, 9.17) is 0 Å². The molecule has 0 aromatic heterocycles. The fourth-order valence-electron chi connectivity index (χ4n) is 1.99. The molecule has 5 heteroatoms. The van der Waals surface area contributed by atoms with Gasteiger partial charge in [-0.25, -0.2) is 4.39 Å². The van der Waals surface area contributed by atoms with Gasteiger partial charge in [-0.3, -0.25) is 9.79 Å². The highest BCUT2D eigenvalue weighted by atomic mass is 32.2. The van der Waals surface area contributed by atoms with E-state index in [2.05, 4.69) is 10.3 Å². The third-order valence-corrected chi connectivity index (χ3v) is 5.23. The zero-order chi connectivity index (χ0) is 14.9. The van der Waals surface area contributed by atoms with E-state index in [0.717, 1.165) is 0 Å². The van der Waals surface area contributed by atoms with E-state index in [1.54, 1.807) is 18.2 Å². The van der Waals surface area contributed by atoms with Crippen LogP contribution in [0.3, 0.4) is 0 Å². The molecule has 2 rings (SSSR count). The van der Waals surface area contributed by atoms with Gasteiger partial charge in [-0.05, 0) is 25.8 Å². The van der Waals surface area contributed by atoms with Crippen molar-refractivity contribution in [3.63, 3.8) is 0 Å². The Morgan fingerprint density at radius 3 is 2.50 bits per heavy atom. The molecule has 1 aromatic carbocycles. The van der Waals surface area contributed by atoms with E-state index in [1.165, 1.54) is 17.8 Å². The molecule has 0 bridgehead atoms. The minimum absolute atomic E-state index is 0.0306. The van der Waals surface area contributed by atoms with Gasteiger partial charge in [-0.2, -0.15) is 0 Å². The molecule has 1 saturated heterocycles. The van der Waals surface area contributed by atoms with Crippen LogP contribution in [0.1, 0.15) is 39.3 Å². The molecule has 0 saturated carbocycles. The zero-order valence-corrected chi connectivity index (χ0v) is 12.9. The molecule has 2 atom stereocenters. The van der Waals surface area contributed by atoms with Crippen molar-refractivity contribution in [2.45, 2.75) is 38.5 Å². The second kappa shape index (κ2) is 5.56. The molecule has 0 unspecified atom stereocenters. The fourth-order valence-corrected chi connectivity index (χ4v) is 3.13. The lowest BCUT2D eigenvalue weighted by atomic mass is 9.96. The van der Waals surface area contributed by atoms with Crippen LogP contribution in [-0.4, -0.2) is 15.8 Å². The predicted molar refractivity (Wildman–Crippen MR) is 81.2 cm³/mol. The Balaban J connectivity index is 2.22. The number of halogens is 1. The Hall–Kier alpha value is -1.36. The summed E-state index contributed by atoms with van der Waals surface area (Å²) in [5, 5.41) is 3.37. The van der Waals surface area contributed by atoms with Gasteiger partial charge in [0.1, 0.15) is 10.6 Å². The van der Waals surface area contributed by atoms with Crippen molar-refractivity contribution in [3.05, 3.63) is 35.6 Å². The highest BCUT2D eigenvalue weighted by Crippen LogP contribution is 2.38. The highest BCUT2D eigenvalue weighted by molar-refractivity contribution is 8.16. The molecule has 108 valence electrons. The number of aliphatic imine (C=N–C) groups is 1. The van der Waals surface area contributed by atoms with Crippen LogP contribution in [0.5, 0.6) is 0 Å².